The Morgan fingerprint density at radius 2 is 2.00 bits per heavy atom. The van der Waals surface area contributed by atoms with Crippen molar-refractivity contribution in [2.45, 2.75) is 19.1 Å². The summed E-state index contributed by atoms with van der Waals surface area (Å²) < 4.78 is 16.9. The first kappa shape index (κ1) is 18.0. The highest BCUT2D eigenvalue weighted by molar-refractivity contribution is 5.88. The van der Waals surface area contributed by atoms with Gasteiger partial charge < -0.3 is 19.5 Å². The molecule has 1 aliphatic carbocycles. The Hall–Kier alpha value is -2.77. The number of urea groups is 1. The lowest BCUT2D eigenvalue weighted by Gasteiger charge is -2.27. The number of nitrogens with one attached hydrogen (secondary N) is 1. The van der Waals surface area contributed by atoms with Gasteiger partial charge >= 0.3 is 6.03 Å². The standard InChI is InChI=1S/C19H22N2O5/c1-21(24-3)19(22)20-14-6-9-15(10-7-14)25-16-8-4-13-5-11-18(23-2)26-17(13)12-16/h5-10,12,18H,4,11H2,1-3H3,(H,20,22). The fourth-order valence-electron chi connectivity index (χ4n) is 2.56. The van der Waals surface area contributed by atoms with Crippen LogP contribution in [0.2, 0.25) is 0 Å². The van der Waals surface area contributed by atoms with Crippen molar-refractivity contribution in [1.29, 1.82) is 0 Å². The third kappa shape index (κ3) is 4.25. The predicted molar refractivity (Wildman–Crippen MR) is 96.2 cm³/mol. The van der Waals surface area contributed by atoms with Crippen LogP contribution >= 0.6 is 0 Å². The number of hydrogen-bond donors (Lipinski definition) is 1. The molecule has 0 fully saturated rings. The average Bonchev–Trinajstić information content (AvgIpc) is 2.68. The monoisotopic (exact) mass is 358 g/mol. The van der Waals surface area contributed by atoms with E-state index in [1.165, 1.54) is 14.2 Å². The Balaban J connectivity index is 1.62. The van der Waals surface area contributed by atoms with Gasteiger partial charge in [0, 0.05) is 32.3 Å². The molecule has 1 aromatic rings. The maximum Gasteiger partial charge on any atom is 0.345 e. The number of benzene rings is 1. The van der Waals surface area contributed by atoms with Crippen LogP contribution in [0.1, 0.15) is 12.8 Å². The number of fused-ring (bicyclic) bond motifs is 1. The van der Waals surface area contributed by atoms with Crippen LogP contribution in [-0.2, 0) is 14.3 Å². The van der Waals surface area contributed by atoms with Gasteiger partial charge in [-0.15, -0.1) is 0 Å². The Bertz CT molecular complexity index is 752. The van der Waals surface area contributed by atoms with Gasteiger partial charge in [-0.25, -0.2) is 9.86 Å². The van der Waals surface area contributed by atoms with E-state index in [9.17, 15) is 4.79 Å². The summed E-state index contributed by atoms with van der Waals surface area (Å²) in [7, 11) is 4.58. The van der Waals surface area contributed by atoms with Crippen molar-refractivity contribution < 1.29 is 23.8 Å². The van der Waals surface area contributed by atoms with E-state index in [2.05, 4.69) is 11.4 Å². The van der Waals surface area contributed by atoms with Crippen LogP contribution in [0.15, 0.2) is 59.6 Å². The maximum absolute atomic E-state index is 11.7. The molecule has 1 heterocycles. The zero-order valence-corrected chi connectivity index (χ0v) is 15.0. The van der Waals surface area contributed by atoms with Crippen LogP contribution in [0.4, 0.5) is 10.5 Å². The topological polar surface area (TPSA) is 69.3 Å². The molecule has 0 saturated carbocycles. The molecule has 0 aromatic heterocycles. The molecule has 2 amide bonds. The van der Waals surface area contributed by atoms with Gasteiger partial charge in [-0.05, 0) is 42.3 Å². The summed E-state index contributed by atoms with van der Waals surface area (Å²) in [6.45, 7) is 0. The smallest absolute Gasteiger partial charge is 0.345 e. The Morgan fingerprint density at radius 3 is 2.69 bits per heavy atom. The van der Waals surface area contributed by atoms with Gasteiger partial charge in [0.1, 0.15) is 17.3 Å². The minimum absolute atomic E-state index is 0.252. The van der Waals surface area contributed by atoms with Crippen molar-refractivity contribution in [3.63, 3.8) is 0 Å². The highest BCUT2D eigenvalue weighted by Crippen LogP contribution is 2.31. The number of hydroxylamine groups is 2. The minimum atomic E-state index is -0.359. The van der Waals surface area contributed by atoms with Crippen molar-refractivity contribution in [3.8, 4) is 5.75 Å². The maximum atomic E-state index is 11.7. The number of hydrogen-bond acceptors (Lipinski definition) is 5. The van der Waals surface area contributed by atoms with E-state index in [0.717, 1.165) is 29.2 Å². The van der Waals surface area contributed by atoms with Crippen LogP contribution in [0.25, 0.3) is 0 Å². The molecule has 138 valence electrons. The van der Waals surface area contributed by atoms with Gasteiger partial charge in [0.2, 0.25) is 6.29 Å². The highest BCUT2D eigenvalue weighted by Gasteiger charge is 2.22. The van der Waals surface area contributed by atoms with Crippen molar-refractivity contribution >= 4 is 11.7 Å². The lowest BCUT2D eigenvalue weighted by atomic mass is 10.0. The van der Waals surface area contributed by atoms with Crippen LogP contribution in [-0.4, -0.2) is 38.7 Å². The molecule has 0 saturated heterocycles. The number of carbonyl (C=O) groups is 1. The van der Waals surface area contributed by atoms with E-state index in [0.29, 0.717) is 17.2 Å². The second kappa shape index (κ2) is 8.07. The molecule has 26 heavy (non-hydrogen) atoms. The van der Waals surface area contributed by atoms with Gasteiger partial charge in [-0.3, -0.25) is 4.84 Å². The fourth-order valence-corrected chi connectivity index (χ4v) is 2.56. The van der Waals surface area contributed by atoms with E-state index in [1.54, 1.807) is 31.4 Å². The molecule has 2 aliphatic rings. The second-order valence-electron chi connectivity index (χ2n) is 5.80. The van der Waals surface area contributed by atoms with Gasteiger partial charge in [0.25, 0.3) is 0 Å². The number of carbonyl (C=O) groups excluding carboxylic acids is 1. The van der Waals surface area contributed by atoms with E-state index in [-0.39, 0.29) is 12.3 Å². The molecule has 0 radical (unpaired) electrons. The number of amides is 2. The van der Waals surface area contributed by atoms with E-state index in [4.69, 9.17) is 19.0 Å². The normalized spacial score (nSPS) is 18.6. The number of nitrogens with zero attached hydrogens (tertiary/aromatic N) is 1. The van der Waals surface area contributed by atoms with E-state index >= 15 is 0 Å². The van der Waals surface area contributed by atoms with E-state index < -0.39 is 0 Å². The first-order valence-corrected chi connectivity index (χ1v) is 8.26. The Labute approximate surface area is 152 Å². The third-order valence-corrected chi connectivity index (χ3v) is 4.09. The predicted octanol–water partition coefficient (Wildman–Crippen LogP) is 3.58. The molecular weight excluding hydrogens is 336 g/mol. The lowest BCUT2D eigenvalue weighted by Crippen LogP contribution is -2.30. The molecule has 1 unspecified atom stereocenters. The molecular formula is C19H22N2O5. The molecule has 0 spiro atoms. The third-order valence-electron chi connectivity index (χ3n) is 4.09. The Morgan fingerprint density at radius 1 is 1.23 bits per heavy atom. The highest BCUT2D eigenvalue weighted by atomic mass is 16.7. The molecule has 7 heteroatoms. The van der Waals surface area contributed by atoms with Crippen molar-refractivity contribution in [3.05, 3.63) is 59.6 Å². The van der Waals surface area contributed by atoms with Crippen LogP contribution in [0.5, 0.6) is 5.75 Å². The van der Waals surface area contributed by atoms with Crippen molar-refractivity contribution in [2.75, 3.05) is 26.6 Å². The summed E-state index contributed by atoms with van der Waals surface area (Å²) in [6, 6.07) is 6.73. The average molecular weight is 358 g/mol. The molecule has 1 N–H and O–H groups in total. The zero-order valence-electron chi connectivity index (χ0n) is 15.0. The Kier molecular flexibility index (Phi) is 5.60. The molecule has 3 rings (SSSR count). The first-order chi connectivity index (χ1) is 12.6. The quantitative estimate of drug-likeness (QED) is 0.815. The lowest BCUT2D eigenvalue weighted by molar-refractivity contribution is -0.0938. The first-order valence-electron chi connectivity index (χ1n) is 8.26. The molecule has 7 nitrogen and oxygen atoms in total. The van der Waals surface area contributed by atoms with Gasteiger partial charge in [-0.1, -0.05) is 6.08 Å². The second-order valence-corrected chi connectivity index (χ2v) is 5.80. The summed E-state index contributed by atoms with van der Waals surface area (Å²) >= 11 is 0. The number of ether oxygens (including phenoxy) is 3. The number of methoxy groups -OCH3 is 1. The van der Waals surface area contributed by atoms with Crippen molar-refractivity contribution in [1.82, 2.24) is 5.06 Å². The van der Waals surface area contributed by atoms with Crippen LogP contribution in [0, 0.1) is 0 Å². The number of rotatable bonds is 5. The largest absolute Gasteiger partial charge is 0.464 e. The SMILES string of the molecule is COC1CC=C2CC=C(Oc3ccc(NC(=O)N(C)OC)cc3)C=C2O1. The number of allylic oxidation sites excluding steroid dienone is 3. The van der Waals surface area contributed by atoms with E-state index in [1.807, 2.05) is 12.2 Å². The summed E-state index contributed by atoms with van der Waals surface area (Å²) in [6.07, 6.45) is 7.26. The van der Waals surface area contributed by atoms with Gasteiger partial charge in [0.15, 0.2) is 0 Å². The van der Waals surface area contributed by atoms with Crippen LogP contribution in [0.3, 0.4) is 0 Å². The summed E-state index contributed by atoms with van der Waals surface area (Å²) in [5.74, 6) is 2.16. The minimum Gasteiger partial charge on any atom is -0.464 e. The van der Waals surface area contributed by atoms with Crippen molar-refractivity contribution in [2.24, 2.45) is 0 Å². The van der Waals surface area contributed by atoms with Gasteiger partial charge in [0.05, 0.1) is 7.11 Å². The van der Waals surface area contributed by atoms with Gasteiger partial charge in [-0.2, -0.15) is 0 Å². The summed E-state index contributed by atoms with van der Waals surface area (Å²) in [5, 5.41) is 3.81. The molecule has 1 atom stereocenters. The summed E-state index contributed by atoms with van der Waals surface area (Å²) in [4.78, 5) is 16.6. The number of anilines is 1. The fraction of sp³-hybridized carbons (Fsp3) is 0.316. The molecule has 0 bridgehead atoms. The molecule has 1 aromatic carbocycles. The molecule has 1 aliphatic heterocycles. The van der Waals surface area contributed by atoms with Crippen LogP contribution < -0.4 is 10.1 Å². The zero-order chi connectivity index (χ0) is 18.5. The summed E-state index contributed by atoms with van der Waals surface area (Å²) in [5.41, 5.74) is 1.79.